The van der Waals surface area contributed by atoms with Crippen molar-refractivity contribution in [3.05, 3.63) is 0 Å². The number of hydrogen-bond acceptors (Lipinski definition) is 0. The molecule has 0 aromatic carbocycles. The van der Waals surface area contributed by atoms with Gasteiger partial charge < -0.3 is 0 Å². The first-order chi connectivity index (χ1) is 4.33. The molecule has 1 rings (SSSR count). The zero-order valence-electron chi connectivity index (χ0n) is 5.45. The average Bonchev–Trinajstić information content (AvgIpc) is 1.90. The lowest BCUT2D eigenvalue weighted by atomic mass is 9.91. The molecule has 0 heterocycles. The van der Waals surface area contributed by atoms with Crippen molar-refractivity contribution in [3.8, 4) is 0 Å². The topological polar surface area (TPSA) is 0 Å². The second-order valence-corrected chi connectivity index (χ2v) is 4.95. The van der Waals surface area contributed by atoms with Gasteiger partial charge in [0.15, 0.2) is 0 Å². The van der Waals surface area contributed by atoms with Gasteiger partial charge in [-0.05, 0) is 31.6 Å². The second kappa shape index (κ2) is 4.16. The molecule has 0 aromatic rings. The Morgan fingerprint density at radius 1 is 1.22 bits per heavy atom. The van der Waals surface area contributed by atoms with Crippen LogP contribution in [0.15, 0.2) is 0 Å². The molecule has 0 spiro atoms. The lowest BCUT2D eigenvalue weighted by Crippen LogP contribution is -2.14. The Balaban J connectivity index is 2.18. The Hall–Kier alpha value is 1.21. The minimum atomic E-state index is 0.830. The largest absolute Gasteiger partial charge is 0.0891 e. The molecule has 0 saturated heterocycles. The number of alkyl halides is 2. The summed E-state index contributed by atoms with van der Waals surface area (Å²) >= 11 is 6.14. The van der Waals surface area contributed by atoms with Gasteiger partial charge in [-0.2, -0.15) is 0 Å². The van der Waals surface area contributed by atoms with Gasteiger partial charge >= 0.3 is 0 Å². The van der Waals surface area contributed by atoms with Gasteiger partial charge in [0.25, 0.3) is 0 Å². The van der Waals surface area contributed by atoms with Crippen molar-refractivity contribution in [1.29, 1.82) is 0 Å². The molecule has 1 saturated carbocycles. The fraction of sp³-hybridized carbons (Fsp3) is 1.00. The Labute approximate surface area is 79.1 Å². The van der Waals surface area contributed by atoms with Crippen LogP contribution >= 0.6 is 38.5 Å². The molecule has 0 radical (unpaired) electrons. The number of rotatable bonds is 1. The standard InChI is InChI=1S/C7H12BrI/c8-7-3-1-6(5-9)2-4-7/h6-7H,1-5H2. The van der Waals surface area contributed by atoms with E-state index in [2.05, 4.69) is 38.5 Å². The first-order valence-electron chi connectivity index (χ1n) is 3.53. The summed E-state index contributed by atoms with van der Waals surface area (Å²) in [6.07, 6.45) is 5.68. The van der Waals surface area contributed by atoms with E-state index in [1.54, 1.807) is 0 Å². The third kappa shape index (κ3) is 2.74. The van der Waals surface area contributed by atoms with Gasteiger partial charge in [-0.3, -0.25) is 0 Å². The zero-order chi connectivity index (χ0) is 6.69. The lowest BCUT2D eigenvalue weighted by Gasteiger charge is -2.22. The molecule has 0 amide bonds. The Kier molecular flexibility index (Phi) is 3.84. The predicted molar refractivity (Wildman–Crippen MR) is 53.6 cm³/mol. The third-order valence-electron chi connectivity index (χ3n) is 1.99. The average molecular weight is 303 g/mol. The highest BCUT2D eigenvalue weighted by molar-refractivity contribution is 14.1. The third-order valence-corrected chi connectivity index (χ3v) is 4.16. The van der Waals surface area contributed by atoms with Crippen LogP contribution in [0.25, 0.3) is 0 Å². The van der Waals surface area contributed by atoms with E-state index in [1.807, 2.05) is 0 Å². The van der Waals surface area contributed by atoms with E-state index in [1.165, 1.54) is 30.1 Å². The zero-order valence-corrected chi connectivity index (χ0v) is 9.19. The molecule has 0 aliphatic heterocycles. The minimum Gasteiger partial charge on any atom is -0.0891 e. The summed E-state index contributed by atoms with van der Waals surface area (Å²) in [6.45, 7) is 0. The van der Waals surface area contributed by atoms with Gasteiger partial charge in [-0.25, -0.2) is 0 Å². The highest BCUT2D eigenvalue weighted by Crippen LogP contribution is 2.29. The fourth-order valence-electron chi connectivity index (χ4n) is 1.28. The van der Waals surface area contributed by atoms with Crippen LogP contribution in [0.4, 0.5) is 0 Å². The lowest BCUT2D eigenvalue weighted by molar-refractivity contribution is 0.406. The van der Waals surface area contributed by atoms with Gasteiger partial charge in [0.2, 0.25) is 0 Å². The quantitative estimate of drug-likeness (QED) is 0.514. The second-order valence-electron chi connectivity index (χ2n) is 2.77. The van der Waals surface area contributed by atoms with Crippen molar-refractivity contribution in [1.82, 2.24) is 0 Å². The van der Waals surface area contributed by atoms with Crippen molar-refractivity contribution < 1.29 is 0 Å². The first kappa shape index (κ1) is 8.31. The first-order valence-corrected chi connectivity index (χ1v) is 5.97. The normalized spacial score (nSPS) is 36.7. The van der Waals surface area contributed by atoms with E-state index < -0.39 is 0 Å². The molecule has 1 aliphatic carbocycles. The molecule has 0 nitrogen and oxygen atoms in total. The number of hydrogen-bond donors (Lipinski definition) is 0. The summed E-state index contributed by atoms with van der Waals surface area (Å²) in [6, 6.07) is 0. The van der Waals surface area contributed by atoms with Crippen molar-refractivity contribution >= 4 is 38.5 Å². The SMILES string of the molecule is BrC1CCC(CI)CC1. The monoisotopic (exact) mass is 302 g/mol. The smallest absolute Gasteiger partial charge is 0.0146 e. The highest BCUT2D eigenvalue weighted by atomic mass is 127. The molecule has 0 bridgehead atoms. The van der Waals surface area contributed by atoms with Gasteiger partial charge in [-0.15, -0.1) is 0 Å². The molecule has 1 aliphatic rings. The van der Waals surface area contributed by atoms with Crippen molar-refractivity contribution in [3.63, 3.8) is 0 Å². The van der Waals surface area contributed by atoms with Crippen LogP contribution in [0.5, 0.6) is 0 Å². The molecule has 1 fully saturated rings. The van der Waals surface area contributed by atoms with E-state index in [4.69, 9.17) is 0 Å². The summed E-state index contributed by atoms with van der Waals surface area (Å²) in [5.41, 5.74) is 0. The van der Waals surface area contributed by atoms with E-state index >= 15 is 0 Å². The van der Waals surface area contributed by atoms with Gasteiger partial charge in [0, 0.05) is 9.25 Å². The van der Waals surface area contributed by atoms with E-state index in [0.29, 0.717) is 0 Å². The Morgan fingerprint density at radius 3 is 2.22 bits per heavy atom. The molecule has 0 unspecified atom stereocenters. The summed E-state index contributed by atoms with van der Waals surface area (Å²) in [4.78, 5) is 0.830. The van der Waals surface area contributed by atoms with Gasteiger partial charge in [0.1, 0.15) is 0 Å². The molecule has 0 atom stereocenters. The van der Waals surface area contributed by atoms with Crippen molar-refractivity contribution in [2.75, 3.05) is 4.43 Å². The molecule has 9 heavy (non-hydrogen) atoms. The summed E-state index contributed by atoms with van der Waals surface area (Å²) in [5.74, 6) is 1.03. The van der Waals surface area contributed by atoms with Crippen LogP contribution in [-0.4, -0.2) is 9.25 Å². The predicted octanol–water partition coefficient (Wildman–Crippen LogP) is 3.38. The maximum atomic E-state index is 3.64. The van der Waals surface area contributed by atoms with Crippen LogP contribution in [0.2, 0.25) is 0 Å². The van der Waals surface area contributed by atoms with Crippen LogP contribution in [-0.2, 0) is 0 Å². The summed E-state index contributed by atoms with van der Waals surface area (Å²) in [7, 11) is 0. The van der Waals surface area contributed by atoms with Crippen LogP contribution < -0.4 is 0 Å². The van der Waals surface area contributed by atoms with Gasteiger partial charge in [-0.1, -0.05) is 38.5 Å². The highest BCUT2D eigenvalue weighted by Gasteiger charge is 2.17. The molecular weight excluding hydrogens is 291 g/mol. The maximum absolute atomic E-state index is 3.64. The van der Waals surface area contributed by atoms with Crippen molar-refractivity contribution in [2.24, 2.45) is 5.92 Å². The van der Waals surface area contributed by atoms with E-state index in [0.717, 1.165) is 10.7 Å². The Morgan fingerprint density at radius 2 is 1.78 bits per heavy atom. The van der Waals surface area contributed by atoms with E-state index in [-0.39, 0.29) is 0 Å². The molecule has 0 aromatic heterocycles. The minimum absolute atomic E-state index is 0.830. The van der Waals surface area contributed by atoms with Gasteiger partial charge in [0.05, 0.1) is 0 Å². The summed E-state index contributed by atoms with van der Waals surface area (Å²) in [5, 5.41) is 0. The molecule has 0 N–H and O–H groups in total. The van der Waals surface area contributed by atoms with Crippen LogP contribution in [0.3, 0.4) is 0 Å². The molecule has 54 valence electrons. The number of halogens is 2. The fourth-order valence-corrected chi connectivity index (χ4v) is 2.69. The maximum Gasteiger partial charge on any atom is 0.0146 e. The van der Waals surface area contributed by atoms with E-state index in [9.17, 15) is 0 Å². The molecule has 2 heteroatoms. The Bertz CT molecular complexity index is 77.0. The van der Waals surface area contributed by atoms with Crippen molar-refractivity contribution in [2.45, 2.75) is 30.5 Å². The molecular formula is C7H12BrI. The summed E-state index contributed by atoms with van der Waals surface area (Å²) < 4.78 is 1.36. The van der Waals surface area contributed by atoms with Crippen LogP contribution in [0, 0.1) is 5.92 Å². The van der Waals surface area contributed by atoms with Crippen LogP contribution in [0.1, 0.15) is 25.7 Å².